The van der Waals surface area contributed by atoms with Gasteiger partial charge in [-0.15, -0.1) is 0 Å². The molecule has 0 saturated heterocycles. The molecule has 3 heterocycles. The van der Waals surface area contributed by atoms with E-state index in [0.29, 0.717) is 19.4 Å². The van der Waals surface area contributed by atoms with Crippen LogP contribution in [0, 0.1) is 0 Å². The fourth-order valence-electron chi connectivity index (χ4n) is 6.17. The molecule has 5 rings (SSSR count). The monoisotopic (exact) mass is 669 g/mol. The molecule has 7 nitrogen and oxygen atoms in total. The Hall–Kier alpha value is -3.12. The molecule has 0 aliphatic heterocycles. The van der Waals surface area contributed by atoms with E-state index in [1.54, 1.807) is 0 Å². The van der Waals surface area contributed by atoms with Crippen LogP contribution in [0.25, 0.3) is 33.6 Å². The molecule has 252 valence electrons. The molecule has 0 radical (unpaired) electrons. The van der Waals surface area contributed by atoms with Crippen LogP contribution in [0.15, 0.2) is 61.4 Å². The second kappa shape index (κ2) is 15.4. The molecular formula is C38H55N5O2Si2. The highest BCUT2D eigenvalue weighted by atomic mass is 28.3. The highest BCUT2D eigenvalue weighted by Crippen LogP contribution is 2.41. The van der Waals surface area contributed by atoms with Crippen LogP contribution in [0.1, 0.15) is 56.2 Å². The van der Waals surface area contributed by atoms with Gasteiger partial charge in [0.25, 0.3) is 0 Å². The van der Waals surface area contributed by atoms with Crippen molar-refractivity contribution in [2.24, 2.45) is 0 Å². The Labute approximate surface area is 284 Å². The molecule has 0 bridgehead atoms. The molecule has 3 aromatic heterocycles. The van der Waals surface area contributed by atoms with Gasteiger partial charge in [0.2, 0.25) is 0 Å². The Morgan fingerprint density at radius 1 is 0.851 bits per heavy atom. The van der Waals surface area contributed by atoms with Crippen LogP contribution in [0.2, 0.25) is 51.4 Å². The van der Waals surface area contributed by atoms with E-state index in [0.717, 1.165) is 88.8 Å². The van der Waals surface area contributed by atoms with E-state index in [2.05, 4.69) is 82.0 Å². The highest BCUT2D eigenvalue weighted by Gasteiger charge is 2.29. The topological polar surface area (TPSA) is 64.8 Å². The van der Waals surface area contributed by atoms with E-state index in [1.807, 2.05) is 35.1 Å². The summed E-state index contributed by atoms with van der Waals surface area (Å²) in [5.41, 5.74) is 8.07. The lowest BCUT2D eigenvalue weighted by molar-refractivity contribution is 0.0942. The summed E-state index contributed by atoms with van der Waals surface area (Å²) in [5.74, 6) is 1.34. The number of pyridine rings is 1. The first-order valence-corrected chi connectivity index (χ1v) is 24.8. The van der Waals surface area contributed by atoms with Gasteiger partial charge < -0.3 is 14.4 Å². The van der Waals surface area contributed by atoms with Crippen molar-refractivity contribution in [2.75, 3.05) is 31.6 Å². The molecule has 1 aromatic carbocycles. The van der Waals surface area contributed by atoms with E-state index in [9.17, 15) is 0 Å². The first-order valence-electron chi connectivity index (χ1n) is 17.4. The largest absolute Gasteiger partial charge is 0.361 e. The maximum atomic E-state index is 6.43. The Morgan fingerprint density at radius 3 is 2.04 bits per heavy atom. The fraction of sp³-hybridized carbons (Fsp3) is 0.500. The maximum absolute atomic E-state index is 6.43. The lowest BCUT2D eigenvalue weighted by Crippen LogP contribution is -2.34. The lowest BCUT2D eigenvalue weighted by Gasteiger charge is -2.31. The van der Waals surface area contributed by atoms with Gasteiger partial charge in [-0.25, -0.2) is 4.98 Å². The minimum atomic E-state index is -1.24. The number of ether oxygens (including phenoxy) is 2. The van der Waals surface area contributed by atoms with Crippen molar-refractivity contribution in [3.63, 3.8) is 0 Å². The summed E-state index contributed by atoms with van der Waals surface area (Å²) in [6.07, 6.45) is 9.90. The van der Waals surface area contributed by atoms with Crippen LogP contribution < -0.4 is 4.90 Å². The number of aromatic nitrogens is 4. The molecule has 47 heavy (non-hydrogen) atoms. The number of fused-ring (bicyclic) bond motifs is 1. The van der Waals surface area contributed by atoms with Crippen LogP contribution in [0.4, 0.5) is 5.82 Å². The summed E-state index contributed by atoms with van der Waals surface area (Å²) in [6, 6.07) is 16.7. The third-order valence-corrected chi connectivity index (χ3v) is 12.4. The first kappa shape index (κ1) is 35.2. The lowest BCUT2D eigenvalue weighted by atomic mass is 9.84. The Morgan fingerprint density at radius 2 is 1.49 bits per heavy atom. The Kier molecular flexibility index (Phi) is 11.5. The van der Waals surface area contributed by atoms with Gasteiger partial charge in [-0.1, -0.05) is 102 Å². The molecule has 1 aliphatic carbocycles. The van der Waals surface area contributed by atoms with Gasteiger partial charge in [-0.05, 0) is 43.5 Å². The van der Waals surface area contributed by atoms with Gasteiger partial charge in [0.05, 0.1) is 17.6 Å². The predicted molar refractivity (Wildman–Crippen MR) is 203 cm³/mol. The quantitative estimate of drug-likeness (QED) is 0.0713. The minimum absolute atomic E-state index is 0.378. The zero-order valence-corrected chi connectivity index (χ0v) is 31.8. The summed E-state index contributed by atoms with van der Waals surface area (Å²) in [4.78, 5) is 12.5. The molecule has 0 N–H and O–H groups in total. The second-order valence-electron chi connectivity index (χ2n) is 15.6. The molecule has 9 heteroatoms. The van der Waals surface area contributed by atoms with E-state index in [1.165, 1.54) is 19.3 Å². The number of hydrogen-bond donors (Lipinski definition) is 0. The molecular weight excluding hydrogens is 615 g/mol. The van der Waals surface area contributed by atoms with Crippen molar-refractivity contribution in [1.29, 1.82) is 0 Å². The van der Waals surface area contributed by atoms with Gasteiger partial charge in [0, 0.05) is 63.7 Å². The van der Waals surface area contributed by atoms with E-state index in [4.69, 9.17) is 24.5 Å². The smallest absolute Gasteiger partial charge is 0.165 e. The Bertz CT molecular complexity index is 1600. The van der Waals surface area contributed by atoms with Gasteiger partial charge in [0.1, 0.15) is 19.3 Å². The molecule has 4 aromatic rings. The van der Waals surface area contributed by atoms with Gasteiger partial charge in [0.15, 0.2) is 5.65 Å². The summed E-state index contributed by atoms with van der Waals surface area (Å²) >= 11 is 0. The molecule has 1 aliphatic rings. The van der Waals surface area contributed by atoms with Crippen molar-refractivity contribution in [3.8, 4) is 22.4 Å². The van der Waals surface area contributed by atoms with Crippen molar-refractivity contribution in [3.05, 3.63) is 72.7 Å². The van der Waals surface area contributed by atoms with Crippen LogP contribution >= 0.6 is 0 Å². The van der Waals surface area contributed by atoms with Crippen molar-refractivity contribution in [1.82, 2.24) is 19.6 Å². The number of nitrogens with zero attached hydrogens (tertiary/aromatic N) is 5. The minimum Gasteiger partial charge on any atom is -0.361 e. The van der Waals surface area contributed by atoms with Crippen LogP contribution in [-0.4, -0.2) is 62.4 Å². The summed E-state index contributed by atoms with van der Waals surface area (Å²) < 4.78 is 14.9. The first-order chi connectivity index (χ1) is 22.4. The highest BCUT2D eigenvalue weighted by molar-refractivity contribution is 6.76. The van der Waals surface area contributed by atoms with Gasteiger partial charge >= 0.3 is 0 Å². The molecule has 0 spiro atoms. The van der Waals surface area contributed by atoms with E-state index >= 15 is 0 Å². The standard InChI is InChI=1S/C38H55N5O2Si2/c1-29(2)35-36(31-17-13-10-14-18-31)41-37-33(32-19-20-34(39-25-32)30-15-11-9-12-16-30)26-40-43(37)38(35)42(27-44-21-23-46(3,4)5)28-45-22-24-47(6,7)8/h9,11-12,15-16,19-20,25-26,31H,1,10,13-14,17-18,21-24,27-28H2,2-8H3. The van der Waals surface area contributed by atoms with Gasteiger partial charge in [-0.2, -0.15) is 9.61 Å². The normalized spacial score (nSPS) is 14.5. The SMILES string of the molecule is C=C(C)c1c(C2CCCCC2)nc2c(-c3ccc(-c4ccccc4)nc3)cnn2c1N(COCC[Si](C)(C)C)COCC[Si](C)(C)C. The number of rotatable bonds is 15. The molecule has 0 unspecified atom stereocenters. The second-order valence-corrected chi connectivity index (χ2v) is 26.9. The zero-order chi connectivity index (χ0) is 33.6. The Balaban J connectivity index is 1.60. The maximum Gasteiger partial charge on any atom is 0.165 e. The van der Waals surface area contributed by atoms with Crippen LogP contribution in [0.5, 0.6) is 0 Å². The summed E-state index contributed by atoms with van der Waals surface area (Å²) in [6.45, 7) is 23.3. The average molecular weight is 670 g/mol. The van der Waals surface area contributed by atoms with Crippen LogP contribution in [-0.2, 0) is 9.47 Å². The molecule has 0 amide bonds. The van der Waals surface area contributed by atoms with E-state index in [-0.39, 0.29) is 0 Å². The number of allylic oxidation sites excluding steroid dienone is 1. The van der Waals surface area contributed by atoms with Crippen molar-refractivity contribution in [2.45, 2.75) is 96.3 Å². The van der Waals surface area contributed by atoms with Crippen molar-refractivity contribution < 1.29 is 9.47 Å². The average Bonchev–Trinajstić information content (AvgIpc) is 3.47. The number of anilines is 1. The van der Waals surface area contributed by atoms with Crippen molar-refractivity contribution >= 4 is 33.2 Å². The summed E-state index contributed by atoms with van der Waals surface area (Å²) in [5, 5.41) is 5.01. The predicted octanol–water partition coefficient (Wildman–Crippen LogP) is 9.97. The van der Waals surface area contributed by atoms with Crippen LogP contribution in [0.3, 0.4) is 0 Å². The van der Waals surface area contributed by atoms with E-state index < -0.39 is 16.1 Å². The fourth-order valence-corrected chi connectivity index (χ4v) is 7.68. The number of hydrogen-bond acceptors (Lipinski definition) is 6. The summed E-state index contributed by atoms with van der Waals surface area (Å²) in [7, 11) is -2.49. The molecule has 1 fully saturated rings. The third-order valence-electron chi connectivity index (χ3n) is 9.00. The number of benzene rings is 1. The zero-order valence-electron chi connectivity index (χ0n) is 29.8. The molecule has 0 atom stereocenters. The third kappa shape index (κ3) is 9.28. The van der Waals surface area contributed by atoms with Gasteiger partial charge in [-0.3, -0.25) is 4.98 Å². The molecule has 1 saturated carbocycles.